The molecule has 1 aliphatic carbocycles. The van der Waals surface area contributed by atoms with Crippen molar-refractivity contribution in [1.29, 1.82) is 0 Å². The number of hydrogen-bond donors (Lipinski definition) is 0. The molecule has 7 atom stereocenters. The molecular weight excluding hydrogens is 781 g/mol. The molecule has 0 bridgehead atoms. The molecule has 0 radical (unpaired) electrons. The van der Waals surface area contributed by atoms with Crippen LogP contribution in [0.5, 0.6) is 0 Å². The van der Waals surface area contributed by atoms with Gasteiger partial charge in [-0.05, 0) is 18.8 Å². The van der Waals surface area contributed by atoms with E-state index in [-0.39, 0.29) is 19.6 Å². The van der Waals surface area contributed by atoms with Gasteiger partial charge < -0.3 is 33.2 Å². The van der Waals surface area contributed by atoms with E-state index in [0.717, 1.165) is 44.4 Å². The van der Waals surface area contributed by atoms with Gasteiger partial charge in [-0.2, -0.15) is 0 Å². The minimum absolute atomic E-state index is 0.0470. The molecule has 1 aliphatic rings. The fourth-order valence-corrected chi connectivity index (χ4v) is 8.16. The Morgan fingerprint density at radius 2 is 0.803 bits per heavy atom. The fraction of sp³-hybridized carbons (Fsp3) is 0.898. The maximum absolute atomic E-state index is 13.3. The molecule has 0 aromatic rings. The topological polar surface area (TPSA) is 150 Å². The first kappa shape index (κ1) is 56.3. The van der Waals surface area contributed by atoms with E-state index in [4.69, 9.17) is 33.2 Å². The third kappa shape index (κ3) is 29.3. The van der Waals surface area contributed by atoms with Crippen molar-refractivity contribution in [1.82, 2.24) is 0 Å². The summed E-state index contributed by atoms with van der Waals surface area (Å²) < 4.78 is 40.3. The summed E-state index contributed by atoms with van der Waals surface area (Å²) in [5.74, 6) is -2.41. The van der Waals surface area contributed by atoms with Gasteiger partial charge in [0, 0.05) is 40.7 Å². The van der Waals surface area contributed by atoms with Crippen LogP contribution in [-0.4, -0.2) is 86.3 Å². The summed E-state index contributed by atoms with van der Waals surface area (Å²) in [7, 11) is 0. The van der Waals surface area contributed by atoms with Gasteiger partial charge in [0.05, 0.1) is 13.2 Å². The Morgan fingerprint density at radius 1 is 0.426 bits per heavy atom. The van der Waals surface area contributed by atoms with Gasteiger partial charge in [0.15, 0.2) is 24.4 Å². The molecule has 0 aromatic carbocycles. The molecule has 1 fully saturated rings. The number of carbonyl (C=O) groups is 5. The molecule has 1 rings (SSSR count). The molecule has 12 heteroatoms. The van der Waals surface area contributed by atoms with E-state index in [0.29, 0.717) is 13.0 Å². The van der Waals surface area contributed by atoms with Crippen LogP contribution < -0.4 is 0 Å². The minimum atomic E-state index is -1.32. The highest BCUT2D eigenvalue weighted by Crippen LogP contribution is 2.35. The van der Waals surface area contributed by atoms with E-state index >= 15 is 0 Å². The van der Waals surface area contributed by atoms with Gasteiger partial charge in [-0.15, -0.1) is 0 Å². The second-order valence-corrected chi connectivity index (χ2v) is 17.5. The highest BCUT2D eigenvalue weighted by atomic mass is 16.7. The number of carbonyl (C=O) groups excluding carboxylic acids is 5. The molecular formula is C49H88O12. The van der Waals surface area contributed by atoms with E-state index < -0.39 is 66.5 Å². The molecule has 0 aromatic heterocycles. The number of hydrogen-bond acceptors (Lipinski definition) is 12. The maximum Gasteiger partial charge on any atom is 0.306 e. The Kier molecular flexibility index (Phi) is 33.9. The summed E-state index contributed by atoms with van der Waals surface area (Å²) in [5, 5.41) is 0. The lowest BCUT2D eigenvalue weighted by Crippen LogP contribution is -2.43. The van der Waals surface area contributed by atoms with Crippen LogP contribution in [0.15, 0.2) is 0 Å². The van der Waals surface area contributed by atoms with Crippen molar-refractivity contribution in [3.63, 3.8) is 0 Å². The Bertz CT molecular complexity index is 1160. The van der Waals surface area contributed by atoms with Crippen molar-refractivity contribution < 1.29 is 57.1 Å². The van der Waals surface area contributed by atoms with Gasteiger partial charge in [-0.25, -0.2) is 0 Å². The molecule has 1 saturated carbocycles. The molecule has 0 amide bonds. The van der Waals surface area contributed by atoms with Crippen LogP contribution >= 0.6 is 0 Å². The van der Waals surface area contributed by atoms with Crippen molar-refractivity contribution in [2.45, 2.75) is 258 Å². The molecule has 0 saturated heterocycles. The summed E-state index contributed by atoms with van der Waals surface area (Å²) in [4.78, 5) is 62.3. The van der Waals surface area contributed by atoms with Gasteiger partial charge >= 0.3 is 29.8 Å². The average Bonchev–Trinajstić information content (AvgIpc) is 3.43. The number of esters is 5. The molecule has 12 nitrogen and oxygen atoms in total. The largest absolute Gasteiger partial charge is 0.458 e. The summed E-state index contributed by atoms with van der Waals surface area (Å²) in [5.41, 5.74) is 0. The predicted molar refractivity (Wildman–Crippen MR) is 238 cm³/mol. The molecule has 0 heterocycles. The van der Waals surface area contributed by atoms with Crippen LogP contribution in [0.2, 0.25) is 0 Å². The number of rotatable bonds is 39. The van der Waals surface area contributed by atoms with Gasteiger partial charge in [-0.1, -0.05) is 175 Å². The molecule has 356 valence electrons. The van der Waals surface area contributed by atoms with Gasteiger partial charge in [0.25, 0.3) is 0 Å². The molecule has 0 aliphatic heterocycles. The van der Waals surface area contributed by atoms with E-state index in [9.17, 15) is 24.0 Å². The van der Waals surface area contributed by atoms with Crippen LogP contribution in [0.1, 0.15) is 222 Å². The fourth-order valence-electron chi connectivity index (χ4n) is 8.16. The van der Waals surface area contributed by atoms with Crippen molar-refractivity contribution in [2.24, 2.45) is 5.92 Å². The van der Waals surface area contributed by atoms with Crippen molar-refractivity contribution in [2.75, 3.05) is 19.8 Å². The molecule has 61 heavy (non-hydrogen) atoms. The molecule has 1 unspecified atom stereocenters. The zero-order valence-electron chi connectivity index (χ0n) is 39.7. The Labute approximate surface area is 370 Å². The lowest BCUT2D eigenvalue weighted by Gasteiger charge is -2.27. The van der Waals surface area contributed by atoms with E-state index in [1.807, 2.05) is 0 Å². The quantitative estimate of drug-likeness (QED) is 0.0329. The van der Waals surface area contributed by atoms with E-state index in [1.165, 1.54) is 150 Å². The first-order valence-electron chi connectivity index (χ1n) is 24.5. The van der Waals surface area contributed by atoms with Crippen molar-refractivity contribution >= 4 is 29.8 Å². The second kappa shape index (κ2) is 36.7. The summed E-state index contributed by atoms with van der Waals surface area (Å²) in [6, 6.07) is 0. The van der Waals surface area contributed by atoms with Crippen LogP contribution in [0, 0.1) is 5.92 Å². The Balaban J connectivity index is 2.73. The monoisotopic (exact) mass is 869 g/mol. The zero-order valence-corrected chi connectivity index (χ0v) is 39.7. The number of unbranched alkanes of at least 4 members (excludes halogenated alkanes) is 21. The molecule has 0 N–H and O–H groups in total. The first-order valence-corrected chi connectivity index (χ1v) is 24.5. The highest BCUT2D eigenvalue weighted by Gasteiger charge is 2.59. The van der Waals surface area contributed by atoms with E-state index in [2.05, 4.69) is 20.8 Å². The highest BCUT2D eigenvalue weighted by molar-refractivity contribution is 5.71. The van der Waals surface area contributed by atoms with E-state index in [1.54, 1.807) is 0 Å². The lowest BCUT2D eigenvalue weighted by atomic mass is 9.96. The van der Waals surface area contributed by atoms with Gasteiger partial charge in [0.1, 0.15) is 12.2 Å². The summed E-state index contributed by atoms with van der Waals surface area (Å²) >= 11 is 0. The smallest absolute Gasteiger partial charge is 0.306 e. The maximum atomic E-state index is 13.3. The minimum Gasteiger partial charge on any atom is -0.458 e. The zero-order chi connectivity index (χ0) is 45.1. The van der Waals surface area contributed by atoms with Gasteiger partial charge in [0.2, 0.25) is 0 Å². The standard InChI is InChI=1S/C49H88O12/c1-8-10-12-14-15-16-17-18-19-20-23-26-30-34-44(54)61-47-45(46(58-40(5)51)48(59-41(6)52)49(47)60-42(7)53)56-37-43(57-39(4)50)36-55-35-31-27-24-21-22-25-29-33-38(3)32-28-13-11-9-2/h38,43,45-49H,8-37H2,1-7H3/t38?,43-,45+,46+,47+,48-,49-/m0/s1. The second-order valence-electron chi connectivity index (χ2n) is 17.5. The van der Waals surface area contributed by atoms with Crippen LogP contribution in [0.3, 0.4) is 0 Å². The number of ether oxygens (including phenoxy) is 7. The summed E-state index contributed by atoms with van der Waals surface area (Å²) in [6.45, 7) is 12.0. The summed E-state index contributed by atoms with van der Waals surface area (Å²) in [6.07, 6.45) is 24.1. The normalized spacial score (nSPS) is 19.6. The van der Waals surface area contributed by atoms with Gasteiger partial charge in [-0.3, -0.25) is 24.0 Å². The predicted octanol–water partition coefficient (Wildman–Crippen LogP) is 11.2. The Morgan fingerprint density at radius 3 is 1.25 bits per heavy atom. The first-order chi connectivity index (χ1) is 29.4. The SMILES string of the molecule is CCCCCCCCCCCCCCCC(=O)O[C@@H]1[C@H](OC[C@H](COCCCCCCCCCC(C)CCCCCC)OC(C)=O)[C@@H](OC(C)=O)[C@H](OC(C)=O)[C@H]1OC(C)=O. The van der Waals surface area contributed by atoms with Crippen LogP contribution in [0.4, 0.5) is 0 Å². The van der Waals surface area contributed by atoms with Crippen molar-refractivity contribution in [3.8, 4) is 0 Å². The third-order valence-electron chi connectivity index (χ3n) is 11.4. The third-order valence-corrected chi connectivity index (χ3v) is 11.4. The van der Waals surface area contributed by atoms with Crippen LogP contribution in [-0.2, 0) is 57.1 Å². The Hall–Kier alpha value is -2.73. The molecule has 0 spiro atoms. The van der Waals surface area contributed by atoms with Crippen molar-refractivity contribution in [3.05, 3.63) is 0 Å². The van der Waals surface area contributed by atoms with Crippen LogP contribution in [0.25, 0.3) is 0 Å². The average molecular weight is 869 g/mol. The lowest BCUT2D eigenvalue weighted by molar-refractivity contribution is -0.181.